The minimum Gasteiger partial charge on any atom is -0.492 e. The molecule has 2 N–H and O–H groups in total. The second-order valence-electron chi connectivity index (χ2n) is 9.33. The number of hydrogen-bond acceptors (Lipinski definition) is 5. The van der Waals surface area contributed by atoms with E-state index in [1.165, 1.54) is 4.31 Å². The Bertz CT molecular complexity index is 1340. The summed E-state index contributed by atoms with van der Waals surface area (Å²) in [5, 5.41) is 5.72. The third kappa shape index (κ3) is 7.18. The normalized spacial score (nSPS) is 14.2. The number of ether oxygens (including phenoxy) is 1. The van der Waals surface area contributed by atoms with Gasteiger partial charge in [-0.2, -0.15) is 4.31 Å². The molecule has 1 aliphatic rings. The molecular formula is C29H33N3O4S2. The van der Waals surface area contributed by atoms with Crippen LogP contribution in [0.1, 0.15) is 48.0 Å². The molecule has 200 valence electrons. The van der Waals surface area contributed by atoms with E-state index < -0.39 is 15.9 Å². The number of carbonyl (C=O) groups excluding carboxylic acids is 1. The Labute approximate surface area is 230 Å². The molecular weight excluding hydrogens is 518 g/mol. The largest absolute Gasteiger partial charge is 0.492 e. The van der Waals surface area contributed by atoms with Crippen LogP contribution in [0.4, 0.5) is 5.69 Å². The van der Waals surface area contributed by atoms with E-state index in [9.17, 15) is 13.2 Å². The van der Waals surface area contributed by atoms with Crippen LogP contribution in [0, 0.1) is 0 Å². The summed E-state index contributed by atoms with van der Waals surface area (Å²) in [6.45, 7) is 0.433. The Hall–Kier alpha value is -3.27. The van der Waals surface area contributed by atoms with E-state index >= 15 is 0 Å². The number of nitrogens with zero attached hydrogens (tertiary/aromatic N) is 1. The van der Waals surface area contributed by atoms with Gasteiger partial charge in [-0.15, -0.1) is 0 Å². The number of nitrogens with one attached hydrogen (secondary N) is 2. The van der Waals surface area contributed by atoms with E-state index in [0.29, 0.717) is 23.6 Å². The van der Waals surface area contributed by atoms with Crippen LogP contribution in [0.5, 0.6) is 5.75 Å². The van der Waals surface area contributed by atoms with Crippen molar-refractivity contribution in [1.82, 2.24) is 9.62 Å². The van der Waals surface area contributed by atoms with Crippen LogP contribution < -0.4 is 15.4 Å². The number of para-hydroxylation sites is 1. The Morgan fingerprint density at radius 3 is 2.32 bits per heavy atom. The molecule has 38 heavy (non-hydrogen) atoms. The van der Waals surface area contributed by atoms with Crippen LogP contribution in [-0.2, 0) is 16.4 Å². The topological polar surface area (TPSA) is 87.7 Å². The number of thiocarbonyl (C=S) groups is 1. The molecule has 0 bridgehead atoms. The highest BCUT2D eigenvalue weighted by Gasteiger charge is 2.29. The van der Waals surface area contributed by atoms with Gasteiger partial charge >= 0.3 is 0 Å². The van der Waals surface area contributed by atoms with Gasteiger partial charge in [0, 0.05) is 25.2 Å². The molecule has 1 saturated carbocycles. The van der Waals surface area contributed by atoms with Crippen molar-refractivity contribution in [1.29, 1.82) is 0 Å². The number of amides is 1. The SMILES string of the molecule is CN(C1CCCCC1)S(=O)(=O)c1ccc(NC(=S)NC(=O)c2ccccc2OCCc2ccccc2)cc1. The number of hydrogen-bond donors (Lipinski definition) is 2. The summed E-state index contributed by atoms with van der Waals surface area (Å²) in [6, 6.07) is 23.4. The van der Waals surface area contributed by atoms with Crippen molar-refractivity contribution >= 4 is 38.9 Å². The lowest BCUT2D eigenvalue weighted by Gasteiger charge is -2.30. The van der Waals surface area contributed by atoms with E-state index in [1.807, 2.05) is 36.4 Å². The fraction of sp³-hybridized carbons (Fsp3) is 0.310. The third-order valence-corrected chi connectivity index (χ3v) is 8.86. The molecule has 0 aliphatic heterocycles. The molecule has 3 aromatic rings. The summed E-state index contributed by atoms with van der Waals surface area (Å²) in [5.74, 6) is 0.0755. The maximum Gasteiger partial charge on any atom is 0.261 e. The fourth-order valence-electron chi connectivity index (χ4n) is 4.55. The van der Waals surface area contributed by atoms with Gasteiger partial charge in [0.05, 0.1) is 17.1 Å². The monoisotopic (exact) mass is 551 g/mol. The van der Waals surface area contributed by atoms with Gasteiger partial charge in [0.1, 0.15) is 5.75 Å². The molecule has 0 heterocycles. The first-order chi connectivity index (χ1) is 18.3. The van der Waals surface area contributed by atoms with Crippen LogP contribution in [0.25, 0.3) is 0 Å². The second-order valence-corrected chi connectivity index (χ2v) is 11.7. The molecule has 0 spiro atoms. The zero-order chi connectivity index (χ0) is 27.0. The minimum atomic E-state index is -3.58. The van der Waals surface area contributed by atoms with Crippen molar-refractivity contribution in [3.63, 3.8) is 0 Å². The van der Waals surface area contributed by atoms with Crippen LogP contribution in [-0.4, -0.2) is 43.4 Å². The Morgan fingerprint density at radius 2 is 1.61 bits per heavy atom. The zero-order valence-electron chi connectivity index (χ0n) is 21.4. The summed E-state index contributed by atoms with van der Waals surface area (Å²) in [7, 11) is -1.92. The standard InChI is InChI=1S/C29H33N3O4S2/c1-32(24-12-6-3-7-13-24)38(34,35)25-18-16-23(17-19-25)30-29(37)31-28(33)26-14-8-9-15-27(26)36-21-20-22-10-4-2-5-11-22/h2,4-5,8-11,14-19,24H,3,6-7,12-13,20-21H2,1H3,(H2,30,31,33,37). The maximum atomic E-state index is 13.1. The Morgan fingerprint density at radius 1 is 0.947 bits per heavy atom. The molecule has 1 aliphatic carbocycles. The molecule has 0 saturated heterocycles. The lowest BCUT2D eigenvalue weighted by molar-refractivity contribution is 0.0973. The molecule has 0 atom stereocenters. The smallest absolute Gasteiger partial charge is 0.261 e. The van der Waals surface area contributed by atoms with E-state index in [2.05, 4.69) is 10.6 Å². The van der Waals surface area contributed by atoms with Gasteiger partial charge in [-0.05, 0) is 67.0 Å². The highest BCUT2D eigenvalue weighted by atomic mass is 32.2. The highest BCUT2D eigenvalue weighted by Crippen LogP contribution is 2.27. The van der Waals surface area contributed by atoms with Crippen LogP contribution >= 0.6 is 12.2 Å². The van der Waals surface area contributed by atoms with Gasteiger partial charge in [0.25, 0.3) is 5.91 Å². The highest BCUT2D eigenvalue weighted by molar-refractivity contribution is 7.89. The van der Waals surface area contributed by atoms with Gasteiger partial charge < -0.3 is 10.1 Å². The summed E-state index contributed by atoms with van der Waals surface area (Å²) < 4.78 is 33.5. The van der Waals surface area contributed by atoms with E-state index in [1.54, 1.807) is 49.5 Å². The number of sulfonamides is 1. The molecule has 0 radical (unpaired) electrons. The van der Waals surface area contributed by atoms with Gasteiger partial charge in [-0.1, -0.05) is 61.7 Å². The number of rotatable bonds is 9. The molecule has 4 rings (SSSR count). The Kier molecular flexibility index (Phi) is 9.49. The minimum absolute atomic E-state index is 0.0412. The van der Waals surface area contributed by atoms with Gasteiger partial charge in [-0.3, -0.25) is 10.1 Å². The lowest BCUT2D eigenvalue weighted by atomic mass is 9.96. The molecule has 7 nitrogen and oxygen atoms in total. The van der Waals surface area contributed by atoms with Gasteiger partial charge in [-0.25, -0.2) is 8.42 Å². The predicted octanol–water partition coefficient (Wildman–Crippen LogP) is 5.39. The summed E-state index contributed by atoms with van der Waals surface area (Å²) in [6.07, 6.45) is 5.78. The molecule has 3 aromatic carbocycles. The lowest BCUT2D eigenvalue weighted by Crippen LogP contribution is -2.38. The van der Waals surface area contributed by atoms with Crippen molar-refractivity contribution in [2.75, 3.05) is 19.0 Å². The molecule has 0 aromatic heterocycles. The average Bonchev–Trinajstić information content (AvgIpc) is 2.94. The van der Waals surface area contributed by atoms with E-state index in [0.717, 1.165) is 44.1 Å². The molecule has 9 heteroatoms. The molecule has 1 fully saturated rings. The Balaban J connectivity index is 1.33. The van der Waals surface area contributed by atoms with Crippen molar-refractivity contribution in [2.45, 2.75) is 49.5 Å². The van der Waals surface area contributed by atoms with Crippen LogP contribution in [0.2, 0.25) is 0 Å². The van der Waals surface area contributed by atoms with Crippen LogP contribution in [0.15, 0.2) is 83.8 Å². The quantitative estimate of drug-likeness (QED) is 0.347. The number of carbonyl (C=O) groups is 1. The second kappa shape index (κ2) is 13.0. The summed E-state index contributed by atoms with van der Waals surface area (Å²) in [5.41, 5.74) is 2.10. The predicted molar refractivity (Wildman–Crippen MR) is 154 cm³/mol. The van der Waals surface area contributed by atoms with E-state index in [4.69, 9.17) is 17.0 Å². The first-order valence-corrected chi connectivity index (χ1v) is 14.7. The van der Waals surface area contributed by atoms with Gasteiger partial charge in [0.2, 0.25) is 10.0 Å². The van der Waals surface area contributed by atoms with Crippen molar-refractivity contribution in [3.05, 3.63) is 90.0 Å². The summed E-state index contributed by atoms with van der Waals surface area (Å²) in [4.78, 5) is 13.1. The first kappa shape index (κ1) is 27.8. The third-order valence-electron chi connectivity index (χ3n) is 6.73. The van der Waals surface area contributed by atoms with E-state index in [-0.39, 0.29) is 16.0 Å². The number of benzene rings is 3. The zero-order valence-corrected chi connectivity index (χ0v) is 23.1. The maximum absolute atomic E-state index is 13.1. The van der Waals surface area contributed by atoms with Crippen molar-refractivity contribution in [3.8, 4) is 5.75 Å². The fourth-order valence-corrected chi connectivity index (χ4v) is 6.18. The molecule has 1 amide bonds. The van der Waals surface area contributed by atoms with Crippen LogP contribution in [0.3, 0.4) is 0 Å². The summed E-state index contributed by atoms with van der Waals surface area (Å²) >= 11 is 5.33. The van der Waals surface area contributed by atoms with Gasteiger partial charge in [0.15, 0.2) is 5.11 Å². The number of anilines is 1. The van der Waals surface area contributed by atoms with Crippen molar-refractivity contribution < 1.29 is 17.9 Å². The molecule has 0 unspecified atom stereocenters. The van der Waals surface area contributed by atoms with Crippen molar-refractivity contribution in [2.24, 2.45) is 0 Å². The average molecular weight is 552 g/mol. The first-order valence-electron chi connectivity index (χ1n) is 12.8.